The summed E-state index contributed by atoms with van der Waals surface area (Å²) in [6, 6.07) is 0.681. The molecule has 4 bridgehead atoms. The van der Waals surface area contributed by atoms with Crippen molar-refractivity contribution in [1.29, 1.82) is 0 Å². The number of carbonyl (C=O) groups is 1. The maximum absolute atomic E-state index is 12.7. The summed E-state index contributed by atoms with van der Waals surface area (Å²) in [6.45, 7) is 3.20. The van der Waals surface area contributed by atoms with Crippen molar-refractivity contribution in [2.75, 3.05) is 33.7 Å². The van der Waals surface area contributed by atoms with Crippen molar-refractivity contribution >= 4 is 5.91 Å². The zero-order chi connectivity index (χ0) is 16.0. The number of quaternary nitrogens is 2. The Hall–Kier alpha value is -0.610. The largest absolute Gasteiger partial charge is 0.346 e. The smallest absolute Gasteiger partial charge is 0.275 e. The van der Waals surface area contributed by atoms with E-state index in [1.807, 2.05) is 0 Å². The summed E-state index contributed by atoms with van der Waals surface area (Å²) < 4.78 is 0. The number of piperidine rings is 1. The van der Waals surface area contributed by atoms with Crippen LogP contribution >= 0.6 is 0 Å². The molecule has 1 saturated heterocycles. The highest BCUT2D eigenvalue weighted by molar-refractivity contribution is 5.77. The summed E-state index contributed by atoms with van der Waals surface area (Å²) in [6.07, 6.45) is 10.7. The van der Waals surface area contributed by atoms with Gasteiger partial charge in [0.25, 0.3) is 5.91 Å². The van der Waals surface area contributed by atoms with Gasteiger partial charge in [-0.2, -0.15) is 0 Å². The van der Waals surface area contributed by atoms with Gasteiger partial charge in [-0.25, -0.2) is 0 Å². The second-order valence-electron chi connectivity index (χ2n) is 9.50. The normalized spacial score (nSPS) is 46.6. The molecule has 4 aliphatic carbocycles. The SMILES string of the molecule is C[NH+]1CCC([NH+](C)CC(=O)NC23CC4CC(CC(C4)C2)C3)CC1. The van der Waals surface area contributed by atoms with Gasteiger partial charge in [-0.3, -0.25) is 4.79 Å². The lowest BCUT2D eigenvalue weighted by molar-refractivity contribution is -0.935. The molecule has 5 aliphatic rings. The number of rotatable bonds is 4. The highest BCUT2D eigenvalue weighted by Crippen LogP contribution is 2.55. The first-order valence-corrected chi connectivity index (χ1v) is 9.96. The van der Waals surface area contributed by atoms with Crippen LogP contribution in [-0.4, -0.2) is 51.2 Å². The van der Waals surface area contributed by atoms with Gasteiger partial charge < -0.3 is 15.1 Å². The number of likely N-dealkylation sites (N-methyl/N-ethyl adjacent to an activating group) is 1. The van der Waals surface area contributed by atoms with Gasteiger partial charge in [-0.05, 0) is 56.3 Å². The lowest BCUT2D eigenvalue weighted by Crippen LogP contribution is -3.18. The van der Waals surface area contributed by atoms with E-state index >= 15 is 0 Å². The number of amides is 1. The fourth-order valence-corrected chi connectivity index (χ4v) is 6.60. The molecule has 1 aliphatic heterocycles. The molecule has 4 nitrogen and oxygen atoms in total. The first kappa shape index (κ1) is 15.9. The highest BCUT2D eigenvalue weighted by atomic mass is 16.2. The average Bonchev–Trinajstić information content (AvgIpc) is 2.45. The lowest BCUT2D eigenvalue weighted by Gasteiger charge is -2.56. The fraction of sp³-hybridized carbons (Fsp3) is 0.947. The van der Waals surface area contributed by atoms with Crippen molar-refractivity contribution in [3.8, 4) is 0 Å². The predicted octanol–water partition coefficient (Wildman–Crippen LogP) is -0.737. The standard InChI is InChI=1S/C19H33N3O/c1-21-5-3-17(4-6-21)22(2)13-18(23)20-19-10-14-7-15(11-19)9-16(8-14)12-19/h14-17H,3-13H2,1-2H3,(H,20,23)/p+2. The molecule has 1 heterocycles. The van der Waals surface area contributed by atoms with Crippen LogP contribution in [0.1, 0.15) is 51.4 Å². The highest BCUT2D eigenvalue weighted by Gasteiger charge is 2.51. The molecule has 4 heteroatoms. The van der Waals surface area contributed by atoms with Crippen LogP contribution in [0.15, 0.2) is 0 Å². The molecule has 3 N–H and O–H groups in total. The molecule has 5 fully saturated rings. The molecule has 0 aromatic carbocycles. The lowest BCUT2D eigenvalue weighted by atomic mass is 9.53. The van der Waals surface area contributed by atoms with E-state index in [4.69, 9.17) is 0 Å². The van der Waals surface area contributed by atoms with Crippen LogP contribution in [0.25, 0.3) is 0 Å². The molecule has 130 valence electrons. The first-order valence-electron chi connectivity index (χ1n) is 9.96. The van der Waals surface area contributed by atoms with Gasteiger partial charge in [0, 0.05) is 18.4 Å². The molecule has 4 saturated carbocycles. The van der Waals surface area contributed by atoms with Gasteiger partial charge in [0.1, 0.15) is 0 Å². The molecule has 5 rings (SSSR count). The van der Waals surface area contributed by atoms with Crippen LogP contribution in [0.4, 0.5) is 0 Å². The maximum Gasteiger partial charge on any atom is 0.275 e. The number of carbonyl (C=O) groups excluding carboxylic acids is 1. The molecule has 0 aromatic rings. The quantitative estimate of drug-likeness (QED) is 0.627. The van der Waals surface area contributed by atoms with Crippen LogP contribution in [0.5, 0.6) is 0 Å². The minimum atomic E-state index is 0.184. The van der Waals surface area contributed by atoms with Crippen molar-refractivity contribution in [1.82, 2.24) is 5.32 Å². The van der Waals surface area contributed by atoms with Crippen molar-refractivity contribution in [2.24, 2.45) is 17.8 Å². The van der Waals surface area contributed by atoms with E-state index in [2.05, 4.69) is 19.4 Å². The Morgan fingerprint density at radius 1 is 1.09 bits per heavy atom. The molecule has 1 atom stereocenters. The van der Waals surface area contributed by atoms with E-state index in [9.17, 15) is 4.79 Å². The number of hydrogen-bond donors (Lipinski definition) is 3. The van der Waals surface area contributed by atoms with E-state index in [1.165, 1.54) is 69.4 Å². The van der Waals surface area contributed by atoms with Crippen molar-refractivity contribution in [3.63, 3.8) is 0 Å². The summed E-state index contributed by atoms with van der Waals surface area (Å²) >= 11 is 0. The van der Waals surface area contributed by atoms with E-state index in [1.54, 1.807) is 4.90 Å². The number of nitrogens with one attached hydrogen (secondary N) is 3. The third kappa shape index (κ3) is 3.30. The third-order valence-corrected chi connectivity index (χ3v) is 7.42. The van der Waals surface area contributed by atoms with Gasteiger partial charge in [-0.1, -0.05) is 0 Å². The molecule has 1 amide bonds. The van der Waals surface area contributed by atoms with E-state index in [0.29, 0.717) is 18.5 Å². The van der Waals surface area contributed by atoms with Gasteiger partial charge in [-0.15, -0.1) is 0 Å². The Morgan fingerprint density at radius 3 is 2.13 bits per heavy atom. The summed E-state index contributed by atoms with van der Waals surface area (Å²) in [5.41, 5.74) is 0.184. The van der Waals surface area contributed by atoms with Crippen LogP contribution < -0.4 is 15.1 Å². The second-order valence-corrected chi connectivity index (χ2v) is 9.50. The minimum Gasteiger partial charge on any atom is -0.346 e. The molecule has 0 spiro atoms. The van der Waals surface area contributed by atoms with E-state index < -0.39 is 0 Å². The van der Waals surface area contributed by atoms with Crippen LogP contribution in [0.3, 0.4) is 0 Å². The Morgan fingerprint density at radius 2 is 1.61 bits per heavy atom. The number of hydrogen-bond acceptors (Lipinski definition) is 1. The zero-order valence-corrected chi connectivity index (χ0v) is 15.0. The Bertz CT molecular complexity index is 420. The first-order chi connectivity index (χ1) is 11.0. The molecular formula is C19H35N3O+2. The summed E-state index contributed by atoms with van der Waals surface area (Å²) in [5.74, 6) is 3.03. The molecule has 1 unspecified atom stereocenters. The zero-order valence-electron chi connectivity index (χ0n) is 15.0. The number of likely N-dealkylation sites (tertiary alicyclic amines) is 1. The summed E-state index contributed by atoms with van der Waals surface area (Å²) in [7, 11) is 4.51. The Kier molecular flexibility index (Phi) is 4.17. The third-order valence-electron chi connectivity index (χ3n) is 7.42. The monoisotopic (exact) mass is 321 g/mol. The van der Waals surface area contributed by atoms with Crippen LogP contribution in [0, 0.1) is 17.8 Å². The van der Waals surface area contributed by atoms with E-state index in [0.717, 1.165) is 17.8 Å². The van der Waals surface area contributed by atoms with Gasteiger partial charge in [0.2, 0.25) is 0 Å². The summed E-state index contributed by atoms with van der Waals surface area (Å²) in [5, 5.41) is 3.54. The van der Waals surface area contributed by atoms with Gasteiger partial charge in [0.15, 0.2) is 6.54 Å². The van der Waals surface area contributed by atoms with Crippen molar-refractivity contribution in [3.05, 3.63) is 0 Å². The van der Waals surface area contributed by atoms with Crippen molar-refractivity contribution in [2.45, 2.75) is 62.9 Å². The second kappa shape index (κ2) is 6.03. The van der Waals surface area contributed by atoms with Gasteiger partial charge >= 0.3 is 0 Å². The average molecular weight is 322 g/mol. The minimum absolute atomic E-state index is 0.184. The molecular weight excluding hydrogens is 286 g/mol. The molecule has 0 aromatic heterocycles. The van der Waals surface area contributed by atoms with Crippen molar-refractivity contribution < 1.29 is 14.6 Å². The predicted molar refractivity (Wildman–Crippen MR) is 90.4 cm³/mol. The Labute approximate surface area is 141 Å². The summed E-state index contributed by atoms with van der Waals surface area (Å²) in [4.78, 5) is 15.8. The fourth-order valence-electron chi connectivity index (χ4n) is 6.60. The van der Waals surface area contributed by atoms with Gasteiger partial charge in [0.05, 0.1) is 33.2 Å². The van der Waals surface area contributed by atoms with Crippen LogP contribution in [-0.2, 0) is 4.79 Å². The van der Waals surface area contributed by atoms with E-state index in [-0.39, 0.29) is 5.54 Å². The maximum atomic E-state index is 12.7. The van der Waals surface area contributed by atoms with Crippen LogP contribution in [0.2, 0.25) is 0 Å². The molecule has 0 radical (unpaired) electrons. The topological polar surface area (TPSA) is 38.0 Å². The molecule has 23 heavy (non-hydrogen) atoms. The Balaban J connectivity index is 1.31.